The highest BCUT2D eigenvalue weighted by Crippen LogP contribution is 2.13. The van der Waals surface area contributed by atoms with Crippen LogP contribution in [0.15, 0.2) is 64.6 Å². The lowest BCUT2D eigenvalue weighted by Crippen LogP contribution is -2.26. The molecule has 0 atom stereocenters. The molecule has 0 bridgehead atoms. The fourth-order valence-electron chi connectivity index (χ4n) is 1.93. The number of hydrogen-bond acceptors (Lipinski definition) is 2. The maximum Gasteiger partial charge on any atom is 0.261 e. The SMILES string of the molecule is N#CC(=Cc1ccc(Br)cc1)C(=O)NCCc1ccccc1. The van der Waals surface area contributed by atoms with Gasteiger partial charge in [-0.25, -0.2) is 0 Å². The lowest BCUT2D eigenvalue weighted by Gasteiger charge is -2.04. The molecule has 0 aliphatic heterocycles. The zero-order valence-corrected chi connectivity index (χ0v) is 13.5. The molecule has 0 fully saturated rings. The fraction of sp³-hybridized carbons (Fsp3) is 0.111. The molecule has 1 N–H and O–H groups in total. The zero-order valence-electron chi connectivity index (χ0n) is 11.9. The summed E-state index contributed by atoms with van der Waals surface area (Å²) < 4.78 is 0.954. The number of benzene rings is 2. The Labute approximate surface area is 138 Å². The van der Waals surface area contributed by atoms with Crippen molar-refractivity contribution in [2.45, 2.75) is 6.42 Å². The second-order valence-corrected chi connectivity index (χ2v) is 5.63. The Kier molecular flexibility index (Phi) is 5.93. The number of halogens is 1. The van der Waals surface area contributed by atoms with Gasteiger partial charge in [-0.1, -0.05) is 58.4 Å². The molecular weight excluding hydrogens is 340 g/mol. The summed E-state index contributed by atoms with van der Waals surface area (Å²) in [5.74, 6) is -0.346. The monoisotopic (exact) mass is 354 g/mol. The van der Waals surface area contributed by atoms with Crippen molar-refractivity contribution in [2.75, 3.05) is 6.54 Å². The molecule has 0 aromatic heterocycles. The third kappa shape index (κ3) is 4.87. The fourth-order valence-corrected chi connectivity index (χ4v) is 2.20. The summed E-state index contributed by atoms with van der Waals surface area (Å²) in [4.78, 5) is 12.0. The molecule has 0 spiro atoms. The third-order valence-corrected chi connectivity index (χ3v) is 3.62. The van der Waals surface area contributed by atoms with Gasteiger partial charge in [-0.15, -0.1) is 0 Å². The molecule has 1 amide bonds. The Morgan fingerprint density at radius 2 is 1.82 bits per heavy atom. The van der Waals surface area contributed by atoms with Gasteiger partial charge in [0.2, 0.25) is 0 Å². The molecule has 3 nitrogen and oxygen atoms in total. The van der Waals surface area contributed by atoms with E-state index in [0.29, 0.717) is 6.54 Å². The first-order valence-electron chi connectivity index (χ1n) is 6.88. The van der Waals surface area contributed by atoms with E-state index in [2.05, 4.69) is 21.2 Å². The van der Waals surface area contributed by atoms with Crippen LogP contribution >= 0.6 is 15.9 Å². The van der Waals surface area contributed by atoms with Gasteiger partial charge < -0.3 is 5.32 Å². The van der Waals surface area contributed by atoms with E-state index in [0.717, 1.165) is 22.0 Å². The van der Waals surface area contributed by atoms with Crippen LogP contribution < -0.4 is 5.32 Å². The molecular formula is C18H15BrN2O. The minimum absolute atomic E-state index is 0.107. The average molecular weight is 355 g/mol. The number of hydrogen-bond donors (Lipinski definition) is 1. The van der Waals surface area contributed by atoms with Crippen LogP contribution in [-0.4, -0.2) is 12.5 Å². The molecule has 4 heteroatoms. The summed E-state index contributed by atoms with van der Waals surface area (Å²) in [5, 5.41) is 11.9. The van der Waals surface area contributed by atoms with Gasteiger partial charge in [0.05, 0.1) is 0 Å². The Balaban J connectivity index is 1.94. The van der Waals surface area contributed by atoms with Gasteiger partial charge in [0.1, 0.15) is 11.6 Å². The number of amides is 1. The number of nitrogens with one attached hydrogen (secondary N) is 1. The summed E-state index contributed by atoms with van der Waals surface area (Å²) in [5.41, 5.74) is 2.08. The van der Waals surface area contributed by atoms with E-state index in [1.807, 2.05) is 60.7 Å². The molecule has 22 heavy (non-hydrogen) atoms. The van der Waals surface area contributed by atoms with Gasteiger partial charge >= 0.3 is 0 Å². The molecule has 0 saturated heterocycles. The van der Waals surface area contributed by atoms with Crippen molar-refractivity contribution in [2.24, 2.45) is 0 Å². The van der Waals surface area contributed by atoms with Crippen molar-refractivity contribution < 1.29 is 4.79 Å². The quantitative estimate of drug-likeness (QED) is 0.657. The van der Waals surface area contributed by atoms with Crippen LogP contribution in [0.2, 0.25) is 0 Å². The van der Waals surface area contributed by atoms with E-state index in [1.165, 1.54) is 0 Å². The molecule has 0 heterocycles. The van der Waals surface area contributed by atoms with E-state index in [-0.39, 0.29) is 11.5 Å². The smallest absolute Gasteiger partial charge is 0.261 e. The third-order valence-electron chi connectivity index (χ3n) is 3.09. The van der Waals surface area contributed by atoms with Crippen LogP contribution in [0.3, 0.4) is 0 Å². The van der Waals surface area contributed by atoms with Gasteiger partial charge in [-0.05, 0) is 35.8 Å². The summed E-state index contributed by atoms with van der Waals surface area (Å²) in [6, 6.07) is 19.3. The molecule has 2 rings (SSSR count). The number of carbonyl (C=O) groups is 1. The molecule has 0 aliphatic carbocycles. The molecule has 0 radical (unpaired) electrons. The van der Waals surface area contributed by atoms with Gasteiger partial charge in [-0.2, -0.15) is 5.26 Å². The molecule has 2 aromatic carbocycles. The van der Waals surface area contributed by atoms with E-state index >= 15 is 0 Å². The minimum atomic E-state index is -0.346. The highest BCUT2D eigenvalue weighted by atomic mass is 79.9. The molecule has 0 saturated carbocycles. The first kappa shape index (κ1) is 16.0. The number of nitrogens with zero attached hydrogens (tertiary/aromatic N) is 1. The standard InChI is InChI=1S/C18H15BrN2O/c19-17-8-6-15(7-9-17)12-16(13-20)18(22)21-11-10-14-4-2-1-3-5-14/h1-9,12H,10-11H2,(H,21,22). The molecule has 110 valence electrons. The van der Waals surface area contributed by atoms with Gasteiger partial charge in [0.25, 0.3) is 5.91 Å². The lowest BCUT2D eigenvalue weighted by molar-refractivity contribution is -0.117. The Hall–Kier alpha value is -2.38. The lowest BCUT2D eigenvalue weighted by atomic mass is 10.1. The Morgan fingerprint density at radius 3 is 2.45 bits per heavy atom. The maximum absolute atomic E-state index is 12.0. The van der Waals surface area contributed by atoms with Crippen LogP contribution in [0, 0.1) is 11.3 Å². The molecule has 0 aliphatic rings. The van der Waals surface area contributed by atoms with Crippen molar-refractivity contribution in [3.05, 3.63) is 75.8 Å². The van der Waals surface area contributed by atoms with Crippen LogP contribution in [0.1, 0.15) is 11.1 Å². The van der Waals surface area contributed by atoms with Crippen LogP contribution in [-0.2, 0) is 11.2 Å². The second-order valence-electron chi connectivity index (χ2n) is 4.71. The zero-order chi connectivity index (χ0) is 15.8. The maximum atomic E-state index is 12.0. The first-order valence-corrected chi connectivity index (χ1v) is 7.68. The summed E-state index contributed by atoms with van der Waals surface area (Å²) in [6.07, 6.45) is 2.33. The van der Waals surface area contributed by atoms with E-state index < -0.39 is 0 Å². The van der Waals surface area contributed by atoms with Crippen LogP contribution in [0.25, 0.3) is 6.08 Å². The van der Waals surface area contributed by atoms with Crippen molar-refractivity contribution in [1.29, 1.82) is 5.26 Å². The highest BCUT2D eigenvalue weighted by molar-refractivity contribution is 9.10. The largest absolute Gasteiger partial charge is 0.351 e. The minimum Gasteiger partial charge on any atom is -0.351 e. The van der Waals surface area contributed by atoms with Crippen LogP contribution in [0.5, 0.6) is 0 Å². The Bertz CT molecular complexity index is 700. The van der Waals surface area contributed by atoms with Crippen molar-refractivity contribution in [1.82, 2.24) is 5.32 Å². The molecule has 2 aromatic rings. The van der Waals surface area contributed by atoms with Crippen molar-refractivity contribution >= 4 is 27.9 Å². The topological polar surface area (TPSA) is 52.9 Å². The number of rotatable bonds is 5. The van der Waals surface area contributed by atoms with Crippen LogP contribution in [0.4, 0.5) is 0 Å². The van der Waals surface area contributed by atoms with E-state index in [9.17, 15) is 4.79 Å². The van der Waals surface area contributed by atoms with Gasteiger partial charge in [-0.3, -0.25) is 4.79 Å². The van der Waals surface area contributed by atoms with Crippen molar-refractivity contribution in [3.8, 4) is 6.07 Å². The summed E-state index contributed by atoms with van der Waals surface area (Å²) in [6.45, 7) is 0.502. The second kappa shape index (κ2) is 8.16. The summed E-state index contributed by atoms with van der Waals surface area (Å²) in [7, 11) is 0. The number of carbonyl (C=O) groups excluding carboxylic acids is 1. The van der Waals surface area contributed by atoms with Gasteiger partial charge in [0.15, 0.2) is 0 Å². The Morgan fingerprint density at radius 1 is 1.14 bits per heavy atom. The number of nitriles is 1. The average Bonchev–Trinajstić information content (AvgIpc) is 2.55. The van der Waals surface area contributed by atoms with Gasteiger partial charge in [0, 0.05) is 11.0 Å². The first-order chi connectivity index (χ1) is 10.7. The predicted octanol–water partition coefficient (Wildman–Crippen LogP) is 3.71. The highest BCUT2D eigenvalue weighted by Gasteiger charge is 2.08. The normalized spacial score (nSPS) is 10.8. The van der Waals surface area contributed by atoms with E-state index in [4.69, 9.17) is 5.26 Å². The summed E-state index contributed by atoms with van der Waals surface area (Å²) >= 11 is 3.35. The van der Waals surface area contributed by atoms with Crippen molar-refractivity contribution in [3.63, 3.8) is 0 Å². The predicted molar refractivity (Wildman–Crippen MR) is 90.9 cm³/mol. The van der Waals surface area contributed by atoms with E-state index in [1.54, 1.807) is 6.08 Å². The molecule has 0 unspecified atom stereocenters.